The van der Waals surface area contributed by atoms with Crippen molar-refractivity contribution in [2.45, 2.75) is 20.0 Å². The van der Waals surface area contributed by atoms with Crippen LogP contribution in [0.4, 0.5) is 5.69 Å². The number of nitrogens with zero attached hydrogens (tertiary/aromatic N) is 3. The Labute approximate surface area is 161 Å². The van der Waals surface area contributed by atoms with Crippen molar-refractivity contribution >= 4 is 35.6 Å². The molecular weight excluding hydrogens is 413 g/mol. The minimum atomic E-state index is 0. The number of nitrogens with one attached hydrogen (secondary N) is 2. The van der Waals surface area contributed by atoms with Gasteiger partial charge in [0.15, 0.2) is 5.96 Å². The molecule has 5 nitrogen and oxygen atoms in total. The number of aliphatic imine (C=N–C) groups is 1. The van der Waals surface area contributed by atoms with Gasteiger partial charge in [-0.1, -0.05) is 18.2 Å². The molecule has 0 saturated carbocycles. The van der Waals surface area contributed by atoms with Gasteiger partial charge in [0, 0.05) is 32.5 Å². The van der Waals surface area contributed by atoms with Gasteiger partial charge in [-0.05, 0) is 36.8 Å². The number of anilines is 1. The molecule has 24 heavy (non-hydrogen) atoms. The van der Waals surface area contributed by atoms with Gasteiger partial charge < -0.3 is 15.5 Å². The van der Waals surface area contributed by atoms with Crippen molar-refractivity contribution in [3.05, 3.63) is 59.9 Å². The molecule has 0 unspecified atom stereocenters. The van der Waals surface area contributed by atoms with Gasteiger partial charge in [-0.2, -0.15) is 0 Å². The second kappa shape index (κ2) is 10.9. The Morgan fingerprint density at radius 1 is 1.08 bits per heavy atom. The van der Waals surface area contributed by atoms with Crippen molar-refractivity contribution < 1.29 is 0 Å². The third-order valence-corrected chi connectivity index (χ3v) is 3.38. The summed E-state index contributed by atoms with van der Waals surface area (Å²) in [5, 5.41) is 6.56. The van der Waals surface area contributed by atoms with E-state index in [0.717, 1.165) is 18.2 Å². The molecule has 0 bridgehead atoms. The number of hydrogen-bond donors (Lipinski definition) is 2. The fourth-order valence-corrected chi connectivity index (χ4v) is 2.09. The van der Waals surface area contributed by atoms with Crippen LogP contribution < -0.4 is 15.5 Å². The van der Waals surface area contributed by atoms with E-state index in [-0.39, 0.29) is 24.0 Å². The normalized spacial score (nSPS) is 10.7. The van der Waals surface area contributed by atoms with Crippen LogP contribution in [-0.2, 0) is 13.1 Å². The largest absolute Gasteiger partial charge is 0.378 e. The molecule has 2 N–H and O–H groups in total. The third-order valence-electron chi connectivity index (χ3n) is 3.38. The van der Waals surface area contributed by atoms with Crippen LogP contribution >= 0.6 is 24.0 Å². The van der Waals surface area contributed by atoms with Crippen molar-refractivity contribution in [2.24, 2.45) is 4.99 Å². The standard InChI is InChI=1S/C18H25N5.HI/c1-4-19-18(22-14-16-7-5-6-12-20-16)21-13-15-8-10-17(11-9-15)23(2)3;/h5-12H,4,13-14H2,1-3H3,(H2,19,21,22);1H. The Bertz CT molecular complexity index is 611. The molecule has 0 fully saturated rings. The summed E-state index contributed by atoms with van der Waals surface area (Å²) >= 11 is 0. The summed E-state index contributed by atoms with van der Waals surface area (Å²) in [6.45, 7) is 4.19. The van der Waals surface area contributed by atoms with Crippen LogP contribution in [0.3, 0.4) is 0 Å². The minimum absolute atomic E-state index is 0. The molecular formula is C18H26IN5. The van der Waals surface area contributed by atoms with Crippen LogP contribution in [0, 0.1) is 0 Å². The first-order valence-corrected chi connectivity index (χ1v) is 7.87. The molecule has 0 atom stereocenters. The fourth-order valence-electron chi connectivity index (χ4n) is 2.09. The highest BCUT2D eigenvalue weighted by Gasteiger charge is 2.00. The molecule has 2 rings (SSSR count). The summed E-state index contributed by atoms with van der Waals surface area (Å²) < 4.78 is 0. The lowest BCUT2D eigenvalue weighted by Gasteiger charge is -2.13. The lowest BCUT2D eigenvalue weighted by molar-refractivity contribution is 0.799. The SMILES string of the molecule is CCNC(=NCc1ccc(N(C)C)cc1)NCc1ccccn1.I. The molecule has 1 aromatic heterocycles. The van der Waals surface area contributed by atoms with Crippen molar-refractivity contribution in [1.82, 2.24) is 15.6 Å². The number of hydrogen-bond acceptors (Lipinski definition) is 3. The molecule has 0 aliphatic carbocycles. The predicted molar refractivity (Wildman–Crippen MR) is 112 cm³/mol. The van der Waals surface area contributed by atoms with E-state index in [1.54, 1.807) is 6.20 Å². The van der Waals surface area contributed by atoms with Gasteiger partial charge in [-0.25, -0.2) is 4.99 Å². The van der Waals surface area contributed by atoms with Crippen LogP contribution in [0.15, 0.2) is 53.7 Å². The van der Waals surface area contributed by atoms with Crippen LogP contribution in [0.25, 0.3) is 0 Å². The Kier molecular flexibility index (Phi) is 9.14. The van der Waals surface area contributed by atoms with E-state index in [1.165, 1.54) is 11.3 Å². The Balaban J connectivity index is 0.00000288. The molecule has 0 saturated heterocycles. The molecule has 0 aliphatic heterocycles. The maximum atomic E-state index is 4.63. The average Bonchev–Trinajstić information content (AvgIpc) is 2.58. The number of benzene rings is 1. The van der Waals surface area contributed by atoms with Gasteiger partial charge in [-0.3, -0.25) is 4.98 Å². The summed E-state index contributed by atoms with van der Waals surface area (Å²) in [5.41, 5.74) is 3.37. The van der Waals surface area contributed by atoms with Crippen LogP contribution in [0.5, 0.6) is 0 Å². The number of aromatic nitrogens is 1. The summed E-state index contributed by atoms with van der Waals surface area (Å²) in [6.07, 6.45) is 1.80. The molecule has 0 radical (unpaired) electrons. The number of rotatable bonds is 6. The molecule has 2 aromatic rings. The van der Waals surface area contributed by atoms with Crippen molar-refractivity contribution in [3.63, 3.8) is 0 Å². The van der Waals surface area contributed by atoms with Gasteiger partial charge in [0.05, 0.1) is 18.8 Å². The second-order valence-corrected chi connectivity index (χ2v) is 5.43. The van der Waals surface area contributed by atoms with Gasteiger partial charge in [-0.15, -0.1) is 24.0 Å². The average molecular weight is 439 g/mol. The quantitative estimate of drug-likeness (QED) is 0.413. The van der Waals surface area contributed by atoms with E-state index in [1.807, 2.05) is 32.3 Å². The summed E-state index contributed by atoms with van der Waals surface area (Å²) in [6, 6.07) is 14.3. The first-order chi connectivity index (χ1) is 11.2. The molecule has 6 heteroatoms. The van der Waals surface area contributed by atoms with Gasteiger partial charge in [0.1, 0.15) is 0 Å². The summed E-state index contributed by atoms with van der Waals surface area (Å²) in [7, 11) is 4.08. The van der Waals surface area contributed by atoms with Gasteiger partial charge >= 0.3 is 0 Å². The number of pyridine rings is 1. The zero-order valence-electron chi connectivity index (χ0n) is 14.5. The van der Waals surface area contributed by atoms with E-state index >= 15 is 0 Å². The molecule has 0 aliphatic rings. The monoisotopic (exact) mass is 439 g/mol. The summed E-state index contributed by atoms with van der Waals surface area (Å²) in [5.74, 6) is 0.801. The highest BCUT2D eigenvalue weighted by atomic mass is 127. The molecule has 130 valence electrons. The maximum absolute atomic E-state index is 4.63. The zero-order valence-corrected chi connectivity index (χ0v) is 16.8. The first-order valence-electron chi connectivity index (χ1n) is 7.87. The smallest absolute Gasteiger partial charge is 0.191 e. The van der Waals surface area contributed by atoms with E-state index in [2.05, 4.69) is 56.7 Å². The Morgan fingerprint density at radius 2 is 1.83 bits per heavy atom. The van der Waals surface area contributed by atoms with E-state index in [4.69, 9.17) is 0 Å². The summed E-state index contributed by atoms with van der Waals surface area (Å²) in [4.78, 5) is 11.0. The van der Waals surface area contributed by atoms with E-state index < -0.39 is 0 Å². The Hall–Kier alpha value is -1.83. The zero-order chi connectivity index (χ0) is 16.5. The molecule has 0 amide bonds. The Morgan fingerprint density at radius 3 is 2.42 bits per heavy atom. The van der Waals surface area contributed by atoms with Crippen LogP contribution in [0.1, 0.15) is 18.2 Å². The van der Waals surface area contributed by atoms with Crippen molar-refractivity contribution in [3.8, 4) is 0 Å². The first kappa shape index (κ1) is 20.2. The highest BCUT2D eigenvalue weighted by Crippen LogP contribution is 2.12. The van der Waals surface area contributed by atoms with Crippen molar-refractivity contribution in [2.75, 3.05) is 25.5 Å². The number of halogens is 1. The second-order valence-electron chi connectivity index (χ2n) is 5.43. The van der Waals surface area contributed by atoms with Crippen LogP contribution in [0.2, 0.25) is 0 Å². The molecule has 1 aromatic carbocycles. The van der Waals surface area contributed by atoms with E-state index in [9.17, 15) is 0 Å². The predicted octanol–water partition coefficient (Wildman–Crippen LogP) is 3.02. The van der Waals surface area contributed by atoms with E-state index in [0.29, 0.717) is 13.1 Å². The third kappa shape index (κ3) is 6.74. The minimum Gasteiger partial charge on any atom is -0.378 e. The van der Waals surface area contributed by atoms with Gasteiger partial charge in [0.25, 0.3) is 0 Å². The van der Waals surface area contributed by atoms with Crippen LogP contribution in [-0.4, -0.2) is 31.6 Å². The maximum Gasteiger partial charge on any atom is 0.191 e. The van der Waals surface area contributed by atoms with Gasteiger partial charge in [0.2, 0.25) is 0 Å². The topological polar surface area (TPSA) is 52.6 Å². The lowest BCUT2D eigenvalue weighted by atomic mass is 10.2. The fraction of sp³-hybridized carbons (Fsp3) is 0.333. The lowest BCUT2D eigenvalue weighted by Crippen LogP contribution is -2.36. The van der Waals surface area contributed by atoms with Crippen molar-refractivity contribution in [1.29, 1.82) is 0 Å². The molecule has 0 spiro atoms. The molecule has 1 heterocycles. The highest BCUT2D eigenvalue weighted by molar-refractivity contribution is 14.0. The number of guanidine groups is 1.